The number of hydrogen-bond donors (Lipinski definition) is 1. The molecule has 0 fully saturated rings. The van der Waals surface area contributed by atoms with Gasteiger partial charge in [-0.1, -0.05) is 12.1 Å². The molecule has 100 valence electrons. The molecular weight excluding hydrogens is 267 g/mol. The molecule has 1 aromatic carbocycles. The monoisotopic (exact) mass is 280 g/mol. The zero-order chi connectivity index (χ0) is 13.8. The van der Waals surface area contributed by atoms with E-state index in [0.717, 1.165) is 5.56 Å². The Balaban J connectivity index is 2.18. The molecule has 2 aromatic rings. The number of nitrogens with zero attached hydrogens (tertiary/aromatic N) is 1. The van der Waals surface area contributed by atoms with Gasteiger partial charge >= 0.3 is 5.97 Å². The SMILES string of the molecule is CCOC(=O)c1csc(C(N)c2ccc(F)cc2)n1. The van der Waals surface area contributed by atoms with E-state index in [9.17, 15) is 9.18 Å². The van der Waals surface area contributed by atoms with E-state index in [4.69, 9.17) is 10.5 Å². The number of ether oxygens (including phenoxy) is 1. The van der Waals surface area contributed by atoms with Gasteiger partial charge in [0.05, 0.1) is 12.6 Å². The Morgan fingerprint density at radius 1 is 1.47 bits per heavy atom. The predicted octanol–water partition coefficient (Wildman–Crippen LogP) is 2.51. The van der Waals surface area contributed by atoms with Crippen LogP contribution in [0, 0.1) is 5.82 Å². The topological polar surface area (TPSA) is 65.2 Å². The quantitative estimate of drug-likeness (QED) is 0.874. The molecule has 2 N–H and O–H groups in total. The van der Waals surface area contributed by atoms with Crippen molar-refractivity contribution in [2.75, 3.05) is 6.61 Å². The molecule has 1 aromatic heterocycles. The summed E-state index contributed by atoms with van der Waals surface area (Å²) in [6.07, 6.45) is 0. The van der Waals surface area contributed by atoms with Gasteiger partial charge in [-0.15, -0.1) is 11.3 Å². The van der Waals surface area contributed by atoms with E-state index in [0.29, 0.717) is 11.6 Å². The molecule has 6 heteroatoms. The summed E-state index contributed by atoms with van der Waals surface area (Å²) in [4.78, 5) is 15.6. The molecular formula is C13H13FN2O2S. The molecule has 0 bridgehead atoms. The number of hydrogen-bond acceptors (Lipinski definition) is 5. The fourth-order valence-electron chi connectivity index (χ4n) is 1.54. The zero-order valence-electron chi connectivity index (χ0n) is 10.3. The van der Waals surface area contributed by atoms with Crippen LogP contribution in [-0.4, -0.2) is 17.6 Å². The third kappa shape index (κ3) is 3.15. The second kappa shape index (κ2) is 5.90. The van der Waals surface area contributed by atoms with E-state index in [-0.39, 0.29) is 11.5 Å². The molecule has 0 aliphatic rings. The summed E-state index contributed by atoms with van der Waals surface area (Å²) in [7, 11) is 0. The second-order valence-corrected chi connectivity index (χ2v) is 4.71. The van der Waals surface area contributed by atoms with Crippen LogP contribution in [-0.2, 0) is 4.74 Å². The van der Waals surface area contributed by atoms with Crippen LogP contribution in [0.5, 0.6) is 0 Å². The Kier molecular flexibility index (Phi) is 4.24. The van der Waals surface area contributed by atoms with Crippen molar-refractivity contribution >= 4 is 17.3 Å². The summed E-state index contributed by atoms with van der Waals surface area (Å²) in [5, 5.41) is 2.20. The number of halogens is 1. The minimum atomic E-state index is -0.478. The van der Waals surface area contributed by atoms with Crippen molar-refractivity contribution in [1.82, 2.24) is 4.98 Å². The fraction of sp³-hybridized carbons (Fsp3) is 0.231. The smallest absolute Gasteiger partial charge is 0.357 e. The maximum absolute atomic E-state index is 12.8. The lowest BCUT2D eigenvalue weighted by atomic mass is 10.1. The number of rotatable bonds is 4. The predicted molar refractivity (Wildman–Crippen MR) is 70.5 cm³/mol. The highest BCUT2D eigenvalue weighted by Gasteiger charge is 2.17. The molecule has 1 heterocycles. The Morgan fingerprint density at radius 3 is 2.79 bits per heavy atom. The Hall–Kier alpha value is -1.79. The number of carbonyl (C=O) groups excluding carboxylic acids is 1. The number of benzene rings is 1. The van der Waals surface area contributed by atoms with E-state index in [2.05, 4.69) is 4.98 Å². The molecule has 19 heavy (non-hydrogen) atoms. The average molecular weight is 280 g/mol. The summed E-state index contributed by atoms with van der Waals surface area (Å²) in [5.74, 6) is -0.779. The van der Waals surface area contributed by atoms with E-state index < -0.39 is 12.0 Å². The third-order valence-electron chi connectivity index (χ3n) is 2.50. The van der Waals surface area contributed by atoms with E-state index in [1.165, 1.54) is 23.5 Å². The first-order valence-corrected chi connectivity index (χ1v) is 6.63. The summed E-state index contributed by atoms with van der Waals surface area (Å²) >= 11 is 1.28. The Bertz CT molecular complexity index is 568. The molecule has 0 spiro atoms. The van der Waals surface area contributed by atoms with Crippen LogP contribution in [0.15, 0.2) is 29.6 Å². The van der Waals surface area contributed by atoms with Gasteiger partial charge in [0.15, 0.2) is 5.69 Å². The van der Waals surface area contributed by atoms with Crippen LogP contribution < -0.4 is 5.73 Å². The van der Waals surface area contributed by atoms with Gasteiger partial charge in [-0.25, -0.2) is 14.2 Å². The Morgan fingerprint density at radius 2 is 2.16 bits per heavy atom. The largest absolute Gasteiger partial charge is 0.461 e. The molecule has 1 atom stereocenters. The van der Waals surface area contributed by atoms with Crippen LogP contribution in [0.1, 0.15) is 34.0 Å². The molecule has 0 saturated heterocycles. The molecule has 0 aliphatic heterocycles. The third-order valence-corrected chi connectivity index (χ3v) is 3.43. The Labute approximate surface area is 114 Å². The highest BCUT2D eigenvalue weighted by atomic mass is 32.1. The van der Waals surface area contributed by atoms with E-state index >= 15 is 0 Å². The summed E-state index contributed by atoms with van der Waals surface area (Å²) < 4.78 is 17.7. The fourth-order valence-corrected chi connectivity index (χ4v) is 2.36. The molecule has 0 aliphatic carbocycles. The maximum Gasteiger partial charge on any atom is 0.357 e. The number of nitrogens with two attached hydrogens (primary N) is 1. The molecule has 1 unspecified atom stereocenters. The number of aromatic nitrogens is 1. The highest BCUT2D eigenvalue weighted by Crippen LogP contribution is 2.23. The van der Waals surface area contributed by atoms with Crippen molar-refractivity contribution in [3.05, 3.63) is 51.7 Å². The van der Waals surface area contributed by atoms with Crippen LogP contribution in [0.3, 0.4) is 0 Å². The van der Waals surface area contributed by atoms with Crippen LogP contribution >= 0.6 is 11.3 Å². The highest BCUT2D eigenvalue weighted by molar-refractivity contribution is 7.10. The van der Waals surface area contributed by atoms with Crippen molar-refractivity contribution in [2.45, 2.75) is 13.0 Å². The van der Waals surface area contributed by atoms with Crippen molar-refractivity contribution in [2.24, 2.45) is 5.73 Å². The molecule has 4 nitrogen and oxygen atoms in total. The normalized spacial score (nSPS) is 12.2. The van der Waals surface area contributed by atoms with Gasteiger partial charge in [0.25, 0.3) is 0 Å². The number of carbonyl (C=O) groups is 1. The summed E-state index contributed by atoms with van der Waals surface area (Å²) in [5.41, 5.74) is 7.02. The van der Waals surface area contributed by atoms with E-state index in [1.54, 1.807) is 24.4 Å². The van der Waals surface area contributed by atoms with Crippen molar-refractivity contribution in [1.29, 1.82) is 0 Å². The molecule has 0 amide bonds. The standard InChI is InChI=1S/C13H13FN2O2S/c1-2-18-13(17)10-7-19-12(16-10)11(15)8-3-5-9(14)6-4-8/h3-7,11H,2,15H2,1H3. The zero-order valence-corrected chi connectivity index (χ0v) is 11.1. The van der Waals surface area contributed by atoms with Gasteiger partial charge in [-0.3, -0.25) is 0 Å². The van der Waals surface area contributed by atoms with Gasteiger partial charge in [0.1, 0.15) is 10.8 Å². The number of esters is 1. The van der Waals surface area contributed by atoms with Crippen molar-refractivity contribution < 1.29 is 13.9 Å². The molecule has 2 rings (SSSR count). The summed E-state index contributed by atoms with van der Waals surface area (Å²) in [6, 6.07) is 5.41. The first kappa shape index (κ1) is 13.6. The van der Waals surface area contributed by atoms with Gasteiger partial charge in [-0.05, 0) is 24.6 Å². The first-order chi connectivity index (χ1) is 9.11. The van der Waals surface area contributed by atoms with Crippen LogP contribution in [0.2, 0.25) is 0 Å². The van der Waals surface area contributed by atoms with Crippen LogP contribution in [0.4, 0.5) is 4.39 Å². The molecule has 0 radical (unpaired) electrons. The van der Waals surface area contributed by atoms with Gasteiger partial charge in [0.2, 0.25) is 0 Å². The lowest BCUT2D eigenvalue weighted by Crippen LogP contribution is -2.12. The minimum absolute atomic E-state index is 0.249. The van der Waals surface area contributed by atoms with Gasteiger partial charge in [0, 0.05) is 5.38 Å². The maximum atomic E-state index is 12.8. The lowest BCUT2D eigenvalue weighted by Gasteiger charge is -2.08. The van der Waals surface area contributed by atoms with E-state index in [1.807, 2.05) is 0 Å². The summed E-state index contributed by atoms with van der Waals surface area (Å²) in [6.45, 7) is 2.03. The van der Waals surface area contributed by atoms with Crippen molar-refractivity contribution in [3.8, 4) is 0 Å². The van der Waals surface area contributed by atoms with Crippen LogP contribution in [0.25, 0.3) is 0 Å². The second-order valence-electron chi connectivity index (χ2n) is 3.82. The average Bonchev–Trinajstić information content (AvgIpc) is 2.89. The first-order valence-electron chi connectivity index (χ1n) is 5.75. The van der Waals surface area contributed by atoms with Gasteiger partial charge in [-0.2, -0.15) is 0 Å². The minimum Gasteiger partial charge on any atom is -0.461 e. The van der Waals surface area contributed by atoms with Gasteiger partial charge < -0.3 is 10.5 Å². The molecule has 0 saturated carbocycles. The number of thiazole rings is 1. The lowest BCUT2D eigenvalue weighted by molar-refractivity contribution is 0.0520. The van der Waals surface area contributed by atoms with Crippen molar-refractivity contribution in [3.63, 3.8) is 0 Å².